The predicted octanol–water partition coefficient (Wildman–Crippen LogP) is 1.47. The molecule has 5 aliphatic heterocycles. The van der Waals surface area contributed by atoms with E-state index in [0.717, 1.165) is 30.4 Å². The zero-order chi connectivity index (χ0) is 40.9. The van der Waals surface area contributed by atoms with Gasteiger partial charge >= 0.3 is 18.0 Å². The van der Waals surface area contributed by atoms with Crippen LogP contribution in [0.5, 0.6) is 0 Å². The number of imide groups is 2. The van der Waals surface area contributed by atoms with Crippen molar-refractivity contribution < 1.29 is 72.4 Å². The molecule has 56 heavy (non-hydrogen) atoms. The second-order valence-corrected chi connectivity index (χ2v) is 17.8. The second kappa shape index (κ2) is 25.5. The lowest BCUT2D eigenvalue weighted by Gasteiger charge is -2.17. The van der Waals surface area contributed by atoms with E-state index >= 15 is 0 Å². The molecule has 312 valence electrons. The Hall–Kier alpha value is -3.78. The van der Waals surface area contributed by atoms with Crippen LogP contribution in [0.2, 0.25) is 0 Å². The Morgan fingerprint density at radius 3 is 1.96 bits per heavy atom. The predicted molar refractivity (Wildman–Crippen MR) is 201 cm³/mol. The number of nitrogens with zero attached hydrogens (tertiary/aromatic N) is 3. The van der Waals surface area contributed by atoms with Crippen LogP contribution < -0.4 is 16.0 Å². The number of hydrogen-bond donors (Lipinski definition) is 4. The van der Waals surface area contributed by atoms with Crippen molar-refractivity contribution in [3.05, 3.63) is 0 Å². The van der Waals surface area contributed by atoms with Gasteiger partial charge in [-0.1, -0.05) is 50.1 Å². The zero-order valence-corrected chi connectivity index (χ0v) is 33.6. The first-order chi connectivity index (χ1) is 26.9. The molecule has 5 saturated heterocycles. The minimum absolute atomic E-state index is 0.0445. The number of amides is 7. The van der Waals surface area contributed by atoms with Gasteiger partial charge < -0.3 is 35.1 Å². The average Bonchev–Trinajstić information content (AvgIpc) is 4.12. The molecule has 0 aromatic rings. The van der Waals surface area contributed by atoms with E-state index in [2.05, 4.69) is 40.2 Å². The number of carbonyl (C=O) groups is 9. The van der Waals surface area contributed by atoms with Crippen molar-refractivity contribution in [2.75, 3.05) is 39.5 Å². The van der Waals surface area contributed by atoms with E-state index in [9.17, 15) is 43.2 Å². The largest absolute Gasteiger partial charge is 0.482 e. The lowest BCUT2D eigenvalue weighted by molar-refractivity contribution is -0.205. The molecular formula is C31H44N6O15S4. The van der Waals surface area contributed by atoms with Crippen LogP contribution in [0.4, 0.5) is 4.79 Å². The van der Waals surface area contributed by atoms with Crippen LogP contribution in [-0.4, -0.2) is 130 Å². The van der Waals surface area contributed by atoms with E-state index in [0.29, 0.717) is 27.7 Å². The van der Waals surface area contributed by atoms with E-state index in [1.54, 1.807) is 21.6 Å². The van der Waals surface area contributed by atoms with Gasteiger partial charge in [0, 0.05) is 51.1 Å². The van der Waals surface area contributed by atoms with Gasteiger partial charge in [0.05, 0.1) is 15.7 Å². The first kappa shape index (κ1) is 46.6. The topological polar surface area (TPSA) is 275 Å². The van der Waals surface area contributed by atoms with Crippen molar-refractivity contribution in [3.63, 3.8) is 0 Å². The van der Waals surface area contributed by atoms with Gasteiger partial charge in [-0.25, -0.2) is 19.4 Å². The van der Waals surface area contributed by atoms with E-state index in [4.69, 9.17) is 9.99 Å². The maximum absolute atomic E-state index is 12.0. The van der Waals surface area contributed by atoms with Crippen molar-refractivity contribution in [1.29, 1.82) is 0 Å². The summed E-state index contributed by atoms with van der Waals surface area (Å²) < 4.78 is 11.1. The Morgan fingerprint density at radius 2 is 1.45 bits per heavy atom. The summed E-state index contributed by atoms with van der Waals surface area (Å²) in [6.45, 7) is 2.31. The maximum atomic E-state index is 12.0. The van der Waals surface area contributed by atoms with Crippen LogP contribution in [0.3, 0.4) is 0 Å². The summed E-state index contributed by atoms with van der Waals surface area (Å²) in [6, 6.07) is -0.421. The molecule has 5 fully saturated rings. The maximum Gasteiger partial charge on any atom is 0.438 e. The molecule has 25 heteroatoms. The fraction of sp³-hybridized carbons (Fsp3) is 0.677. The molecule has 5 rings (SSSR count). The molecule has 0 radical (unpaired) electrons. The van der Waals surface area contributed by atoms with Crippen molar-refractivity contribution in [2.24, 2.45) is 10.9 Å². The molecule has 2 unspecified atom stereocenters. The minimum Gasteiger partial charge on any atom is -0.482 e. The highest BCUT2D eigenvalue weighted by molar-refractivity contribution is 8.93. The minimum atomic E-state index is -1.06. The van der Waals surface area contributed by atoms with Crippen molar-refractivity contribution >= 4 is 103 Å². The first-order valence-electron chi connectivity index (χ1n) is 17.6. The number of nitrogens with one attached hydrogen (secondary N) is 3. The summed E-state index contributed by atoms with van der Waals surface area (Å²) in [4.78, 5) is 118. The molecule has 0 spiro atoms. The highest BCUT2D eigenvalue weighted by atomic mass is 33.2. The molecule has 5 heterocycles. The molecular weight excluding hydrogens is 825 g/mol. The van der Waals surface area contributed by atoms with Gasteiger partial charge in [-0.05, 0) is 32.1 Å². The molecule has 0 aromatic carbocycles. The van der Waals surface area contributed by atoms with Crippen LogP contribution in [0, 0.1) is 5.92 Å². The number of hydroxylamine groups is 4. The van der Waals surface area contributed by atoms with Gasteiger partial charge in [-0.15, -0.1) is 10.1 Å². The summed E-state index contributed by atoms with van der Waals surface area (Å²) >= 11 is 0. The van der Waals surface area contributed by atoms with Crippen LogP contribution in [0.15, 0.2) is 4.99 Å². The third-order valence-electron chi connectivity index (χ3n) is 7.69. The van der Waals surface area contributed by atoms with E-state index in [1.807, 2.05) is 28.5 Å². The Labute approximate surface area is 337 Å². The first-order valence-corrected chi connectivity index (χ1v) is 22.1. The van der Waals surface area contributed by atoms with E-state index in [1.165, 1.54) is 19.2 Å². The standard InChI is InChI=1S/C12H12N2O9.C11H17N3O5S2.C8H15NOS2/c15-7-1-2-8(16)13(7)22-11(19)5-21-6-12(20)23-14-9(17)3-4-10(14)18;15-9-8(7(10-20-21-10)2-1-3-12-9)14-6-18-5-4-13-11(16)19-17;1-2-7(10)9-6-4-3-5-8-11-12-8/h1-6H2;6-8,10,17H,1-5H2,(H,12,15)(H,13,16);8H,2-6H2,1H3,(H,9,10). The molecule has 5 aliphatic rings. The number of carbonyl (C=O) groups excluding carboxylic acids is 9. The highest BCUT2D eigenvalue weighted by Gasteiger charge is 2.42. The molecule has 0 aliphatic carbocycles. The molecule has 0 saturated carbocycles. The normalized spacial score (nSPS) is 20.6. The molecule has 7 amide bonds. The number of ether oxygens (including phenoxy) is 2. The summed E-state index contributed by atoms with van der Waals surface area (Å²) in [5, 5.41) is 16.7. The SMILES string of the molecule is CCC(=O)NCCCCC1SS1.O=C(COCC(=O)ON1C(=O)CCC1=O)ON1C(=O)CCC1=O.O=C(NCCOC=NC1C(=O)NCCCC1C1SS1)OO. The Morgan fingerprint density at radius 1 is 0.857 bits per heavy atom. The van der Waals surface area contributed by atoms with Gasteiger partial charge in [0.1, 0.15) is 25.9 Å². The second-order valence-electron chi connectivity index (χ2n) is 11.9. The summed E-state index contributed by atoms with van der Waals surface area (Å²) in [7, 11) is 7.49. The van der Waals surface area contributed by atoms with Crippen molar-refractivity contribution in [3.8, 4) is 0 Å². The molecule has 21 nitrogen and oxygen atoms in total. The van der Waals surface area contributed by atoms with Gasteiger partial charge in [-0.2, -0.15) is 5.26 Å². The summed E-state index contributed by atoms with van der Waals surface area (Å²) in [5.74, 6) is -4.36. The van der Waals surface area contributed by atoms with Gasteiger partial charge in [0.15, 0.2) is 6.40 Å². The third kappa shape index (κ3) is 18.0. The Balaban J connectivity index is 0.000000236. The van der Waals surface area contributed by atoms with E-state index < -0.39 is 60.9 Å². The Bertz CT molecular complexity index is 1370. The summed E-state index contributed by atoms with van der Waals surface area (Å²) in [5.41, 5.74) is 0. The molecule has 2 atom stereocenters. The van der Waals surface area contributed by atoms with Gasteiger partial charge in [0.2, 0.25) is 11.8 Å². The zero-order valence-electron chi connectivity index (χ0n) is 30.3. The molecule has 0 aromatic heterocycles. The van der Waals surface area contributed by atoms with Crippen molar-refractivity contribution in [2.45, 2.75) is 86.3 Å². The molecule has 0 bridgehead atoms. The smallest absolute Gasteiger partial charge is 0.438 e. The number of rotatable bonds is 18. The quantitative estimate of drug-likeness (QED) is 0.0222. The number of aliphatic imine (C=N–C) groups is 1. The Kier molecular flexibility index (Phi) is 21.2. The van der Waals surface area contributed by atoms with Crippen molar-refractivity contribution in [1.82, 2.24) is 26.1 Å². The number of unbranched alkanes of at least 4 members (excludes halogenated alkanes) is 1. The summed E-state index contributed by atoms with van der Waals surface area (Å²) in [6.07, 6.45) is 6.35. The van der Waals surface area contributed by atoms with Crippen LogP contribution in [-0.2, 0) is 62.4 Å². The third-order valence-corrected chi connectivity index (χ3v) is 12.4. The monoisotopic (exact) mass is 868 g/mol. The van der Waals surface area contributed by atoms with Crippen LogP contribution in [0.1, 0.15) is 71.1 Å². The lowest BCUT2D eigenvalue weighted by atomic mass is 9.97. The number of hydrogen-bond acceptors (Lipinski definition) is 20. The highest BCUT2D eigenvalue weighted by Crippen LogP contribution is 2.59. The van der Waals surface area contributed by atoms with E-state index in [-0.39, 0.29) is 56.6 Å². The average molecular weight is 869 g/mol. The molecule has 4 N–H and O–H groups in total. The lowest BCUT2D eigenvalue weighted by Crippen LogP contribution is -2.37. The van der Waals surface area contributed by atoms with Crippen LogP contribution >= 0.6 is 43.2 Å². The van der Waals surface area contributed by atoms with Crippen LogP contribution in [0.25, 0.3) is 0 Å². The van der Waals surface area contributed by atoms with Gasteiger partial charge in [0.25, 0.3) is 23.6 Å². The fourth-order valence-corrected chi connectivity index (χ4v) is 8.15. The fourth-order valence-electron chi connectivity index (χ4n) is 4.76. The van der Waals surface area contributed by atoms with Gasteiger partial charge in [-0.3, -0.25) is 33.7 Å².